The van der Waals surface area contributed by atoms with E-state index in [2.05, 4.69) is 11.7 Å². The van der Waals surface area contributed by atoms with Gasteiger partial charge in [-0.2, -0.15) is 0 Å². The Labute approximate surface area is 113 Å². The molecule has 19 heavy (non-hydrogen) atoms. The van der Waals surface area contributed by atoms with Crippen LogP contribution in [-0.4, -0.2) is 37.7 Å². The molecule has 0 unspecified atom stereocenters. The monoisotopic (exact) mass is 274 g/mol. The first-order chi connectivity index (χ1) is 9.12. The molecule has 6 nitrogen and oxygen atoms in total. The third-order valence-electron chi connectivity index (χ3n) is 1.82. The average molecular weight is 274 g/mol. The fourth-order valence-electron chi connectivity index (χ4n) is 0.953. The second-order valence-corrected chi connectivity index (χ2v) is 3.47. The van der Waals surface area contributed by atoms with Crippen LogP contribution in [0, 0.1) is 0 Å². The fourth-order valence-corrected chi connectivity index (χ4v) is 0.953. The van der Waals surface area contributed by atoms with Gasteiger partial charge in [0.05, 0.1) is 13.2 Å². The van der Waals surface area contributed by atoms with Crippen molar-refractivity contribution in [2.45, 2.75) is 46.0 Å². The maximum Gasteiger partial charge on any atom is 0.313 e. The SMILES string of the molecule is CCCCCOC(=O)CC=O.CCOC(=O)CC=O. The number of aldehydes is 2. The Morgan fingerprint density at radius 1 is 0.895 bits per heavy atom. The van der Waals surface area contributed by atoms with Crippen LogP contribution in [0.3, 0.4) is 0 Å². The molecule has 6 heteroatoms. The largest absolute Gasteiger partial charge is 0.466 e. The Kier molecular flexibility index (Phi) is 16.8. The van der Waals surface area contributed by atoms with Gasteiger partial charge in [-0.1, -0.05) is 19.8 Å². The summed E-state index contributed by atoms with van der Waals surface area (Å²) >= 11 is 0. The van der Waals surface area contributed by atoms with Crippen molar-refractivity contribution < 1.29 is 28.7 Å². The molecule has 0 heterocycles. The molecule has 0 aliphatic heterocycles. The van der Waals surface area contributed by atoms with Crippen molar-refractivity contribution in [1.82, 2.24) is 0 Å². The zero-order valence-electron chi connectivity index (χ0n) is 11.6. The summed E-state index contributed by atoms with van der Waals surface area (Å²) in [5.41, 5.74) is 0. The molecule has 0 bridgehead atoms. The van der Waals surface area contributed by atoms with Gasteiger partial charge in [-0.25, -0.2) is 0 Å². The van der Waals surface area contributed by atoms with Gasteiger partial charge < -0.3 is 19.1 Å². The molecular formula is C13H22O6. The number of rotatable bonds is 9. The maximum atomic E-state index is 10.6. The number of esters is 2. The quantitative estimate of drug-likeness (QED) is 0.274. The smallest absolute Gasteiger partial charge is 0.313 e. The summed E-state index contributed by atoms with van der Waals surface area (Å²) in [6, 6.07) is 0. The standard InChI is InChI=1S/C8H14O3.C5H8O3/c1-2-3-4-7-11-8(10)5-6-9;1-2-8-5(7)3-4-6/h6H,2-5,7H2,1H3;4H,2-3H2,1H3. The summed E-state index contributed by atoms with van der Waals surface area (Å²) in [6.45, 7) is 4.56. The lowest BCUT2D eigenvalue weighted by atomic mass is 10.3. The van der Waals surface area contributed by atoms with E-state index in [0.717, 1.165) is 19.3 Å². The van der Waals surface area contributed by atoms with E-state index in [1.165, 1.54) is 0 Å². The molecule has 110 valence electrons. The first-order valence-electron chi connectivity index (χ1n) is 6.30. The second-order valence-electron chi connectivity index (χ2n) is 3.47. The molecule has 0 N–H and O–H groups in total. The number of hydrogen-bond acceptors (Lipinski definition) is 6. The minimum absolute atomic E-state index is 0.119. The van der Waals surface area contributed by atoms with E-state index < -0.39 is 11.9 Å². The van der Waals surface area contributed by atoms with Gasteiger partial charge in [0.1, 0.15) is 25.4 Å². The molecule has 0 amide bonds. The number of hydrogen-bond donors (Lipinski definition) is 0. The molecule has 0 saturated carbocycles. The molecule has 0 fully saturated rings. The lowest BCUT2D eigenvalue weighted by Crippen LogP contribution is -2.05. The number of carbonyl (C=O) groups excluding carboxylic acids is 4. The third kappa shape index (κ3) is 18.8. The Morgan fingerprint density at radius 2 is 1.42 bits per heavy atom. The predicted octanol–water partition coefficient (Wildman–Crippen LogP) is 1.45. The Bertz CT molecular complexity index is 262. The number of carbonyl (C=O) groups is 4. The van der Waals surface area contributed by atoms with Crippen molar-refractivity contribution in [3.8, 4) is 0 Å². The third-order valence-corrected chi connectivity index (χ3v) is 1.82. The van der Waals surface area contributed by atoms with Crippen LogP contribution in [0.25, 0.3) is 0 Å². The predicted molar refractivity (Wildman–Crippen MR) is 68.5 cm³/mol. The highest BCUT2D eigenvalue weighted by Crippen LogP contribution is 1.94. The molecule has 0 radical (unpaired) electrons. The van der Waals surface area contributed by atoms with Crippen molar-refractivity contribution in [3.63, 3.8) is 0 Å². The zero-order valence-corrected chi connectivity index (χ0v) is 11.6. The van der Waals surface area contributed by atoms with Gasteiger partial charge in [0.2, 0.25) is 0 Å². The van der Waals surface area contributed by atoms with Crippen LogP contribution in [-0.2, 0) is 28.7 Å². The lowest BCUT2D eigenvalue weighted by molar-refractivity contribution is -0.145. The van der Waals surface area contributed by atoms with Gasteiger partial charge in [0.25, 0.3) is 0 Å². The Balaban J connectivity index is 0. The number of unbranched alkanes of at least 4 members (excludes halogenated alkanes) is 2. The van der Waals surface area contributed by atoms with Crippen LogP contribution in [0.15, 0.2) is 0 Å². The fraction of sp³-hybridized carbons (Fsp3) is 0.692. The van der Waals surface area contributed by atoms with Crippen LogP contribution < -0.4 is 0 Å². The first kappa shape index (κ1) is 19.6. The van der Waals surface area contributed by atoms with Gasteiger partial charge in [-0.3, -0.25) is 9.59 Å². The molecule has 0 aliphatic rings. The molecule has 0 aromatic carbocycles. The molecule has 0 aromatic heterocycles. The summed E-state index contributed by atoms with van der Waals surface area (Å²) in [5.74, 6) is -0.876. The summed E-state index contributed by atoms with van der Waals surface area (Å²) in [4.78, 5) is 40.1. The van der Waals surface area contributed by atoms with Crippen LogP contribution in [0.2, 0.25) is 0 Å². The molecule has 0 atom stereocenters. The molecule has 0 aliphatic carbocycles. The normalized spacial score (nSPS) is 8.74. The van der Waals surface area contributed by atoms with Crippen molar-refractivity contribution >= 4 is 24.5 Å². The van der Waals surface area contributed by atoms with E-state index in [0.29, 0.717) is 25.8 Å². The lowest BCUT2D eigenvalue weighted by Gasteiger charge is -2.00. The Hall–Kier alpha value is -1.72. The van der Waals surface area contributed by atoms with Gasteiger partial charge in [-0.05, 0) is 13.3 Å². The highest BCUT2D eigenvalue weighted by molar-refractivity contribution is 5.84. The zero-order chi connectivity index (χ0) is 14.9. The van der Waals surface area contributed by atoms with Gasteiger partial charge >= 0.3 is 11.9 Å². The summed E-state index contributed by atoms with van der Waals surface area (Å²) in [7, 11) is 0. The first-order valence-corrected chi connectivity index (χ1v) is 6.30. The highest BCUT2D eigenvalue weighted by Gasteiger charge is 1.99. The summed E-state index contributed by atoms with van der Waals surface area (Å²) in [5, 5.41) is 0. The topological polar surface area (TPSA) is 86.7 Å². The minimum Gasteiger partial charge on any atom is -0.466 e. The van der Waals surface area contributed by atoms with Crippen LogP contribution in [0.1, 0.15) is 46.0 Å². The Morgan fingerprint density at radius 3 is 1.84 bits per heavy atom. The van der Waals surface area contributed by atoms with E-state index in [-0.39, 0.29) is 12.8 Å². The molecular weight excluding hydrogens is 252 g/mol. The van der Waals surface area contributed by atoms with E-state index in [9.17, 15) is 19.2 Å². The van der Waals surface area contributed by atoms with E-state index >= 15 is 0 Å². The van der Waals surface area contributed by atoms with Crippen LogP contribution >= 0.6 is 0 Å². The highest BCUT2D eigenvalue weighted by atomic mass is 16.5. The summed E-state index contributed by atoms with van der Waals surface area (Å²) in [6.07, 6.45) is 3.89. The van der Waals surface area contributed by atoms with Gasteiger partial charge in [0.15, 0.2) is 0 Å². The average Bonchev–Trinajstić information content (AvgIpc) is 2.36. The van der Waals surface area contributed by atoms with Crippen molar-refractivity contribution in [1.29, 1.82) is 0 Å². The van der Waals surface area contributed by atoms with E-state index in [1.807, 2.05) is 0 Å². The minimum atomic E-state index is -0.456. The van der Waals surface area contributed by atoms with Crippen molar-refractivity contribution in [3.05, 3.63) is 0 Å². The van der Waals surface area contributed by atoms with Crippen molar-refractivity contribution in [2.75, 3.05) is 13.2 Å². The number of ether oxygens (including phenoxy) is 2. The van der Waals surface area contributed by atoms with Gasteiger partial charge in [0, 0.05) is 0 Å². The molecule has 0 rings (SSSR count). The van der Waals surface area contributed by atoms with E-state index in [1.54, 1.807) is 6.92 Å². The molecule has 0 spiro atoms. The maximum absolute atomic E-state index is 10.6. The molecule has 0 saturated heterocycles. The summed E-state index contributed by atoms with van der Waals surface area (Å²) < 4.78 is 9.13. The molecule has 0 aromatic rings. The van der Waals surface area contributed by atoms with Crippen molar-refractivity contribution in [2.24, 2.45) is 0 Å². The second kappa shape index (κ2) is 16.3. The van der Waals surface area contributed by atoms with Crippen LogP contribution in [0.4, 0.5) is 0 Å². The van der Waals surface area contributed by atoms with Crippen LogP contribution in [0.5, 0.6) is 0 Å². The van der Waals surface area contributed by atoms with Gasteiger partial charge in [-0.15, -0.1) is 0 Å². The van der Waals surface area contributed by atoms with E-state index in [4.69, 9.17) is 4.74 Å².